The summed E-state index contributed by atoms with van der Waals surface area (Å²) in [6.07, 6.45) is 1.13. The van der Waals surface area contributed by atoms with E-state index in [9.17, 15) is 0 Å². The van der Waals surface area contributed by atoms with Crippen LogP contribution in [-0.2, 0) is 6.54 Å². The van der Waals surface area contributed by atoms with Crippen LogP contribution in [0.3, 0.4) is 0 Å². The van der Waals surface area contributed by atoms with Crippen molar-refractivity contribution in [3.05, 3.63) is 35.2 Å². The zero-order valence-electron chi connectivity index (χ0n) is 12.0. The Labute approximate surface area is 129 Å². The first-order chi connectivity index (χ1) is 10.1. The van der Waals surface area contributed by atoms with Gasteiger partial charge in [-0.05, 0) is 50.1 Å². The number of likely N-dealkylation sites (tertiary alicyclic amines) is 1. The summed E-state index contributed by atoms with van der Waals surface area (Å²) in [5, 5.41) is 8.92. The number of nitrogens with zero attached hydrogens (tertiary/aromatic N) is 3. The summed E-state index contributed by atoms with van der Waals surface area (Å²) in [7, 11) is 0. The van der Waals surface area contributed by atoms with Crippen LogP contribution >= 0.6 is 11.6 Å². The van der Waals surface area contributed by atoms with Gasteiger partial charge in [-0.15, -0.1) is 10.2 Å². The molecule has 5 nitrogen and oxygen atoms in total. The fraction of sp³-hybridized carbons (Fsp3) is 0.467. The molecule has 1 aromatic carbocycles. The van der Waals surface area contributed by atoms with Gasteiger partial charge in [0, 0.05) is 23.2 Å². The maximum atomic E-state index is 5.96. The number of rotatable bonds is 4. The second-order valence-electron chi connectivity index (χ2n) is 5.65. The third-order valence-corrected chi connectivity index (χ3v) is 4.22. The highest BCUT2D eigenvalue weighted by Gasteiger charge is 2.26. The van der Waals surface area contributed by atoms with Gasteiger partial charge in [-0.3, -0.25) is 4.90 Å². The average Bonchev–Trinajstić information content (AvgIpc) is 3.10. The summed E-state index contributed by atoms with van der Waals surface area (Å²) in [6.45, 7) is 4.78. The van der Waals surface area contributed by atoms with Crippen LogP contribution in [0.25, 0.3) is 11.5 Å². The summed E-state index contributed by atoms with van der Waals surface area (Å²) in [5.41, 5.74) is 6.84. The number of nitrogens with two attached hydrogens (primary N) is 1. The zero-order valence-corrected chi connectivity index (χ0v) is 12.8. The lowest BCUT2D eigenvalue weighted by molar-refractivity contribution is 0.276. The highest BCUT2D eigenvalue weighted by molar-refractivity contribution is 6.30. The molecule has 112 valence electrons. The van der Waals surface area contributed by atoms with Crippen molar-refractivity contribution in [2.45, 2.75) is 25.9 Å². The third kappa shape index (κ3) is 3.43. The van der Waals surface area contributed by atoms with E-state index in [0.717, 1.165) is 25.1 Å². The molecule has 1 saturated heterocycles. The smallest absolute Gasteiger partial charge is 0.247 e. The van der Waals surface area contributed by atoms with Crippen LogP contribution in [0.15, 0.2) is 28.7 Å². The van der Waals surface area contributed by atoms with E-state index in [0.29, 0.717) is 29.3 Å². The van der Waals surface area contributed by atoms with Crippen LogP contribution in [0.5, 0.6) is 0 Å². The fourth-order valence-electron chi connectivity index (χ4n) is 2.65. The standard InChI is InChI=1S/C15H19ClN4O/c1-10(17)12-6-7-20(8-12)9-14-18-19-15(21-14)11-2-4-13(16)5-3-11/h2-5,10,12H,6-9,17H2,1H3. The first-order valence-corrected chi connectivity index (χ1v) is 7.56. The Balaban J connectivity index is 1.64. The molecule has 0 saturated carbocycles. The molecule has 2 aromatic rings. The molecule has 0 aliphatic carbocycles. The topological polar surface area (TPSA) is 68.2 Å². The maximum absolute atomic E-state index is 5.96. The summed E-state index contributed by atoms with van der Waals surface area (Å²) in [5.74, 6) is 1.73. The van der Waals surface area contributed by atoms with Gasteiger partial charge in [-0.1, -0.05) is 11.6 Å². The Morgan fingerprint density at radius 3 is 2.81 bits per heavy atom. The molecule has 21 heavy (non-hydrogen) atoms. The van der Waals surface area contributed by atoms with E-state index in [1.54, 1.807) is 0 Å². The molecule has 2 unspecified atom stereocenters. The van der Waals surface area contributed by atoms with Gasteiger partial charge in [-0.25, -0.2) is 0 Å². The molecule has 6 heteroatoms. The maximum Gasteiger partial charge on any atom is 0.247 e. The van der Waals surface area contributed by atoms with Crippen LogP contribution in [0.1, 0.15) is 19.2 Å². The number of hydrogen-bond acceptors (Lipinski definition) is 5. The molecule has 0 amide bonds. The van der Waals surface area contributed by atoms with Gasteiger partial charge in [0.2, 0.25) is 11.8 Å². The molecule has 3 rings (SSSR count). The minimum Gasteiger partial charge on any atom is -0.419 e. The van der Waals surface area contributed by atoms with Gasteiger partial charge < -0.3 is 10.2 Å². The van der Waals surface area contributed by atoms with Crippen molar-refractivity contribution in [1.29, 1.82) is 0 Å². The minimum atomic E-state index is 0.238. The molecular formula is C15H19ClN4O. The average molecular weight is 307 g/mol. The molecule has 0 bridgehead atoms. The van der Waals surface area contributed by atoms with E-state index < -0.39 is 0 Å². The van der Waals surface area contributed by atoms with Crippen LogP contribution in [0, 0.1) is 5.92 Å². The molecule has 1 fully saturated rings. The van der Waals surface area contributed by atoms with Crippen molar-refractivity contribution in [3.8, 4) is 11.5 Å². The Kier molecular flexibility index (Phi) is 4.24. The minimum absolute atomic E-state index is 0.238. The second kappa shape index (κ2) is 6.13. The van der Waals surface area contributed by atoms with Gasteiger partial charge in [-0.2, -0.15) is 0 Å². The largest absolute Gasteiger partial charge is 0.419 e. The zero-order chi connectivity index (χ0) is 14.8. The number of halogens is 1. The lowest BCUT2D eigenvalue weighted by Crippen LogP contribution is -2.29. The molecule has 1 aromatic heterocycles. The monoisotopic (exact) mass is 306 g/mol. The molecule has 1 aliphatic heterocycles. The Morgan fingerprint density at radius 2 is 2.14 bits per heavy atom. The van der Waals surface area contributed by atoms with E-state index in [1.165, 1.54) is 0 Å². The quantitative estimate of drug-likeness (QED) is 0.940. The van der Waals surface area contributed by atoms with E-state index in [-0.39, 0.29) is 6.04 Å². The molecule has 2 N–H and O–H groups in total. The van der Waals surface area contributed by atoms with E-state index in [1.807, 2.05) is 24.3 Å². The number of aromatic nitrogens is 2. The van der Waals surface area contributed by atoms with Crippen molar-refractivity contribution in [2.24, 2.45) is 11.7 Å². The van der Waals surface area contributed by atoms with Gasteiger partial charge >= 0.3 is 0 Å². The highest BCUT2D eigenvalue weighted by atomic mass is 35.5. The second-order valence-corrected chi connectivity index (χ2v) is 6.09. The third-order valence-electron chi connectivity index (χ3n) is 3.97. The SMILES string of the molecule is CC(N)C1CCN(Cc2nnc(-c3ccc(Cl)cc3)o2)C1. The van der Waals surface area contributed by atoms with Crippen molar-refractivity contribution in [3.63, 3.8) is 0 Å². The lowest BCUT2D eigenvalue weighted by atomic mass is 10.0. The van der Waals surface area contributed by atoms with Gasteiger partial charge in [0.25, 0.3) is 0 Å². The Bertz CT molecular complexity index is 596. The van der Waals surface area contributed by atoms with Gasteiger partial charge in [0.05, 0.1) is 6.54 Å². The van der Waals surface area contributed by atoms with Crippen molar-refractivity contribution in [1.82, 2.24) is 15.1 Å². The Hall–Kier alpha value is -1.43. The summed E-state index contributed by atoms with van der Waals surface area (Å²) in [4.78, 5) is 2.31. The van der Waals surface area contributed by atoms with Crippen LogP contribution in [0.2, 0.25) is 5.02 Å². The number of benzene rings is 1. The van der Waals surface area contributed by atoms with Gasteiger partial charge in [0.1, 0.15) is 0 Å². The first kappa shape index (κ1) is 14.5. The van der Waals surface area contributed by atoms with Crippen LogP contribution in [-0.4, -0.2) is 34.2 Å². The molecule has 0 spiro atoms. The molecular weight excluding hydrogens is 288 g/mol. The van der Waals surface area contributed by atoms with Crippen molar-refractivity contribution < 1.29 is 4.42 Å². The summed E-state index contributed by atoms with van der Waals surface area (Å²) >= 11 is 5.87. The van der Waals surface area contributed by atoms with E-state index in [4.69, 9.17) is 21.8 Å². The predicted octanol–water partition coefficient (Wildman–Crippen LogP) is 2.56. The molecule has 0 radical (unpaired) electrons. The normalized spacial score (nSPS) is 20.8. The summed E-state index contributed by atoms with van der Waals surface area (Å²) in [6, 6.07) is 7.62. The van der Waals surface area contributed by atoms with Crippen molar-refractivity contribution in [2.75, 3.05) is 13.1 Å². The highest BCUT2D eigenvalue weighted by Crippen LogP contribution is 2.23. The fourth-order valence-corrected chi connectivity index (χ4v) is 2.78. The summed E-state index contributed by atoms with van der Waals surface area (Å²) < 4.78 is 5.73. The van der Waals surface area contributed by atoms with Crippen molar-refractivity contribution >= 4 is 11.6 Å². The first-order valence-electron chi connectivity index (χ1n) is 7.18. The van der Waals surface area contributed by atoms with Gasteiger partial charge in [0.15, 0.2) is 0 Å². The van der Waals surface area contributed by atoms with Crippen LogP contribution < -0.4 is 5.73 Å². The van der Waals surface area contributed by atoms with Crippen LogP contribution in [0.4, 0.5) is 0 Å². The molecule has 2 heterocycles. The number of hydrogen-bond donors (Lipinski definition) is 1. The Morgan fingerprint density at radius 1 is 1.38 bits per heavy atom. The molecule has 1 aliphatic rings. The van der Waals surface area contributed by atoms with E-state index >= 15 is 0 Å². The lowest BCUT2D eigenvalue weighted by Gasteiger charge is -2.15. The predicted molar refractivity (Wildman–Crippen MR) is 81.8 cm³/mol. The molecule has 2 atom stereocenters. The van der Waals surface area contributed by atoms with E-state index in [2.05, 4.69) is 22.0 Å².